The zero-order chi connectivity index (χ0) is 19.5. The van der Waals surface area contributed by atoms with E-state index in [0.29, 0.717) is 0 Å². The van der Waals surface area contributed by atoms with Crippen LogP contribution in [-0.2, 0) is 9.53 Å². The molecule has 0 saturated carbocycles. The molecule has 0 bridgehead atoms. The maximum absolute atomic E-state index is 12.6. The average molecular weight is 375 g/mol. The van der Waals surface area contributed by atoms with E-state index in [-0.39, 0.29) is 32.1 Å². The fourth-order valence-electron chi connectivity index (χ4n) is 2.22. The van der Waals surface area contributed by atoms with E-state index in [2.05, 4.69) is 10.1 Å². The fraction of sp³-hybridized carbons (Fsp3) is 0.600. The van der Waals surface area contributed by atoms with Crippen LogP contribution in [0.2, 0.25) is 0 Å². The molecule has 0 radical (unpaired) electrons. The molecule has 0 N–H and O–H groups in total. The van der Waals surface area contributed by atoms with E-state index < -0.39 is 23.8 Å². The summed E-state index contributed by atoms with van der Waals surface area (Å²) < 4.78 is 44.1. The number of ether oxygens (including phenoxy) is 1. The van der Waals surface area contributed by atoms with Gasteiger partial charge in [0.25, 0.3) is 0 Å². The third kappa shape index (κ3) is 5.20. The van der Waals surface area contributed by atoms with Crippen molar-refractivity contribution in [3.05, 3.63) is 18.5 Å². The summed E-state index contributed by atoms with van der Waals surface area (Å²) in [6.45, 7) is 6.03. The summed E-state index contributed by atoms with van der Waals surface area (Å²) in [5.41, 5.74) is -0.644. The maximum Gasteiger partial charge on any atom is 0.473 e. The number of amides is 2. The molecule has 1 fully saturated rings. The van der Waals surface area contributed by atoms with Crippen molar-refractivity contribution in [2.24, 2.45) is 4.99 Å². The van der Waals surface area contributed by atoms with Gasteiger partial charge in [-0.3, -0.25) is 4.79 Å². The Morgan fingerprint density at radius 1 is 1.08 bits per heavy atom. The van der Waals surface area contributed by atoms with Gasteiger partial charge in [-0.05, 0) is 26.8 Å². The van der Waals surface area contributed by atoms with Crippen LogP contribution in [0.3, 0.4) is 0 Å². The number of piperazine rings is 1. The smallest absolute Gasteiger partial charge is 0.444 e. The zero-order valence-corrected chi connectivity index (χ0v) is 14.7. The standard InChI is InChI=1S/C15H20F3N5O3/c1-14(2,3)26-13(25)22-9-7-21(8-10-22)12(23-6-4-5-19-23)20-11(24)15(16,17)18/h4-6H,7-10H2,1-3H3/b20-12+. The average Bonchev–Trinajstić information content (AvgIpc) is 3.04. The summed E-state index contributed by atoms with van der Waals surface area (Å²) in [6.07, 6.45) is -2.81. The molecule has 26 heavy (non-hydrogen) atoms. The Kier molecular flexibility index (Phi) is 5.57. The number of aromatic nitrogens is 2. The Morgan fingerprint density at radius 3 is 2.12 bits per heavy atom. The highest BCUT2D eigenvalue weighted by Crippen LogP contribution is 2.18. The van der Waals surface area contributed by atoms with Crippen LogP contribution in [0.5, 0.6) is 0 Å². The van der Waals surface area contributed by atoms with Gasteiger partial charge in [0.1, 0.15) is 5.60 Å². The predicted octanol–water partition coefficient (Wildman–Crippen LogP) is 1.73. The molecule has 1 aliphatic rings. The number of rotatable bonds is 0. The monoisotopic (exact) mass is 375 g/mol. The number of halogens is 3. The van der Waals surface area contributed by atoms with E-state index in [4.69, 9.17) is 4.74 Å². The second-order valence-electron chi connectivity index (χ2n) is 6.62. The summed E-state index contributed by atoms with van der Waals surface area (Å²) >= 11 is 0. The van der Waals surface area contributed by atoms with Crippen molar-refractivity contribution < 1.29 is 27.5 Å². The van der Waals surface area contributed by atoms with Gasteiger partial charge in [0, 0.05) is 38.6 Å². The fourth-order valence-corrected chi connectivity index (χ4v) is 2.22. The third-order valence-electron chi connectivity index (χ3n) is 3.37. The van der Waals surface area contributed by atoms with Crippen molar-refractivity contribution in [2.75, 3.05) is 26.2 Å². The second kappa shape index (κ2) is 7.34. The maximum atomic E-state index is 12.6. The second-order valence-corrected chi connectivity index (χ2v) is 6.62. The normalized spacial score (nSPS) is 16.6. The molecule has 1 aliphatic heterocycles. The molecule has 1 aromatic heterocycles. The minimum Gasteiger partial charge on any atom is -0.444 e. The Bertz CT molecular complexity index is 672. The third-order valence-corrected chi connectivity index (χ3v) is 3.37. The lowest BCUT2D eigenvalue weighted by atomic mass is 10.2. The van der Waals surface area contributed by atoms with Crippen LogP contribution < -0.4 is 0 Å². The Morgan fingerprint density at radius 2 is 1.65 bits per heavy atom. The summed E-state index contributed by atoms with van der Waals surface area (Å²) in [4.78, 5) is 29.4. The molecule has 1 aromatic rings. The van der Waals surface area contributed by atoms with Crippen LogP contribution in [0.25, 0.3) is 0 Å². The minimum atomic E-state index is -5.07. The van der Waals surface area contributed by atoms with Gasteiger partial charge < -0.3 is 14.5 Å². The predicted molar refractivity (Wildman–Crippen MR) is 85.5 cm³/mol. The van der Waals surface area contributed by atoms with Gasteiger partial charge in [0.15, 0.2) is 0 Å². The van der Waals surface area contributed by atoms with E-state index in [1.807, 2.05) is 0 Å². The highest BCUT2D eigenvalue weighted by molar-refractivity contribution is 5.96. The molecule has 2 heterocycles. The van der Waals surface area contributed by atoms with Gasteiger partial charge in [-0.2, -0.15) is 23.3 Å². The molecule has 0 unspecified atom stereocenters. The number of carbonyl (C=O) groups is 2. The number of carbonyl (C=O) groups excluding carboxylic acids is 2. The quantitative estimate of drug-likeness (QED) is 0.510. The first kappa shape index (κ1) is 19.7. The van der Waals surface area contributed by atoms with Crippen LogP contribution >= 0.6 is 0 Å². The van der Waals surface area contributed by atoms with Gasteiger partial charge >= 0.3 is 18.2 Å². The number of hydrogen-bond donors (Lipinski definition) is 0. The number of nitrogens with zero attached hydrogens (tertiary/aromatic N) is 5. The van der Waals surface area contributed by atoms with Crippen LogP contribution in [0.4, 0.5) is 18.0 Å². The van der Waals surface area contributed by atoms with Gasteiger partial charge in [0.05, 0.1) is 0 Å². The molecule has 0 atom stereocenters. The molecule has 144 valence electrons. The molecule has 2 amide bonds. The van der Waals surface area contributed by atoms with Crippen LogP contribution in [-0.4, -0.2) is 75.5 Å². The Hall–Kier alpha value is -2.59. The lowest BCUT2D eigenvalue weighted by Gasteiger charge is -2.36. The van der Waals surface area contributed by atoms with Gasteiger partial charge in [-0.25, -0.2) is 9.48 Å². The largest absolute Gasteiger partial charge is 0.473 e. The Balaban J connectivity index is 2.11. The summed E-state index contributed by atoms with van der Waals surface area (Å²) in [5, 5.41) is 3.85. The Labute approximate surface area is 148 Å². The van der Waals surface area contributed by atoms with Gasteiger partial charge in [-0.1, -0.05) is 0 Å². The highest BCUT2D eigenvalue weighted by atomic mass is 19.4. The van der Waals surface area contributed by atoms with Crippen LogP contribution in [0.15, 0.2) is 23.5 Å². The molecular weight excluding hydrogens is 355 g/mol. The molecule has 0 aliphatic carbocycles. The van der Waals surface area contributed by atoms with Gasteiger partial charge in [0.2, 0.25) is 5.96 Å². The number of aliphatic imine (C=N–C) groups is 1. The summed E-state index contributed by atoms with van der Waals surface area (Å²) in [6, 6.07) is 1.50. The van der Waals surface area contributed by atoms with E-state index in [1.54, 1.807) is 20.8 Å². The van der Waals surface area contributed by atoms with Crippen molar-refractivity contribution in [3.8, 4) is 0 Å². The number of hydrogen-bond acceptors (Lipinski definition) is 4. The molecule has 0 aromatic carbocycles. The van der Waals surface area contributed by atoms with E-state index in [0.717, 1.165) is 4.68 Å². The molecular formula is C15H20F3N5O3. The van der Waals surface area contributed by atoms with E-state index in [9.17, 15) is 22.8 Å². The first-order valence-corrected chi connectivity index (χ1v) is 7.90. The zero-order valence-electron chi connectivity index (χ0n) is 14.7. The van der Waals surface area contributed by atoms with Crippen molar-refractivity contribution in [2.45, 2.75) is 32.5 Å². The van der Waals surface area contributed by atoms with Gasteiger partial charge in [-0.15, -0.1) is 0 Å². The summed E-state index contributed by atoms with van der Waals surface area (Å²) in [7, 11) is 0. The molecule has 1 saturated heterocycles. The first-order chi connectivity index (χ1) is 12.0. The summed E-state index contributed by atoms with van der Waals surface area (Å²) in [5.74, 6) is -2.45. The molecule has 0 spiro atoms. The highest BCUT2D eigenvalue weighted by Gasteiger charge is 2.40. The SMILES string of the molecule is CC(C)(C)OC(=O)N1CCN(/C(=N\C(=O)C(F)(F)F)n2cccn2)CC1. The molecule has 8 nitrogen and oxygen atoms in total. The minimum absolute atomic E-state index is 0.184. The molecule has 2 rings (SSSR count). The van der Waals surface area contributed by atoms with Crippen LogP contribution in [0.1, 0.15) is 20.8 Å². The molecule has 11 heteroatoms. The van der Waals surface area contributed by atoms with Crippen molar-refractivity contribution >= 4 is 18.0 Å². The van der Waals surface area contributed by atoms with Crippen molar-refractivity contribution in [1.29, 1.82) is 0 Å². The van der Waals surface area contributed by atoms with E-state index >= 15 is 0 Å². The van der Waals surface area contributed by atoms with Crippen molar-refractivity contribution in [1.82, 2.24) is 19.6 Å². The lowest BCUT2D eigenvalue weighted by Crippen LogP contribution is -2.53. The van der Waals surface area contributed by atoms with E-state index in [1.165, 1.54) is 28.3 Å². The number of alkyl halides is 3. The first-order valence-electron chi connectivity index (χ1n) is 7.90. The lowest BCUT2D eigenvalue weighted by molar-refractivity contribution is -0.169. The van der Waals surface area contributed by atoms with Crippen molar-refractivity contribution in [3.63, 3.8) is 0 Å². The topological polar surface area (TPSA) is 80.0 Å². The van der Waals surface area contributed by atoms with Crippen LogP contribution in [0, 0.1) is 0 Å².